The molecule has 0 radical (unpaired) electrons. The largest absolute Gasteiger partial charge is 0.504 e. The number of hydrogen-bond donors (Lipinski definition) is 0. The van der Waals surface area contributed by atoms with Gasteiger partial charge in [0.15, 0.2) is 0 Å². The predicted molar refractivity (Wildman–Crippen MR) is 40.2 cm³/mol. The highest BCUT2D eigenvalue weighted by molar-refractivity contribution is 5.23. The van der Waals surface area contributed by atoms with Crippen LogP contribution in [0.3, 0.4) is 0 Å². The molecule has 0 aromatic heterocycles. The summed E-state index contributed by atoms with van der Waals surface area (Å²) in [6.07, 6.45) is 2.73. The minimum Gasteiger partial charge on any atom is -0.504 e. The average molecular weight is 126 g/mol. The van der Waals surface area contributed by atoms with E-state index in [0.717, 1.165) is 12.0 Å². The topological polar surface area (TPSA) is 9.23 Å². The molecule has 52 valence electrons. The van der Waals surface area contributed by atoms with Crippen LogP contribution in [0.25, 0.3) is 0 Å². The lowest BCUT2D eigenvalue weighted by Crippen LogP contribution is -1.82. The molecular weight excluding hydrogens is 112 g/mol. The van der Waals surface area contributed by atoms with Gasteiger partial charge in [0.05, 0.1) is 13.4 Å². The number of hydrogen-bond acceptors (Lipinski definition) is 1. The van der Waals surface area contributed by atoms with Crippen molar-refractivity contribution in [2.24, 2.45) is 0 Å². The van der Waals surface area contributed by atoms with E-state index in [2.05, 4.69) is 13.5 Å². The van der Waals surface area contributed by atoms with Crippen molar-refractivity contribution < 1.29 is 4.74 Å². The van der Waals surface area contributed by atoms with Gasteiger partial charge in [0.2, 0.25) is 0 Å². The SMILES string of the molecule is C=C(C)C(=COC)CC. The molecule has 1 nitrogen and oxygen atoms in total. The molecule has 0 N–H and O–H groups in total. The van der Waals surface area contributed by atoms with Crippen LogP contribution in [0.1, 0.15) is 20.3 Å². The fourth-order valence-corrected chi connectivity index (χ4v) is 0.628. The number of ether oxygens (including phenoxy) is 1. The summed E-state index contributed by atoms with van der Waals surface area (Å²) in [5.41, 5.74) is 2.26. The quantitative estimate of drug-likeness (QED) is 0.417. The van der Waals surface area contributed by atoms with Crippen LogP contribution < -0.4 is 0 Å². The Bertz CT molecular complexity index is 123. The lowest BCUT2D eigenvalue weighted by molar-refractivity contribution is 0.333. The number of rotatable bonds is 3. The lowest BCUT2D eigenvalue weighted by atomic mass is 10.1. The van der Waals surface area contributed by atoms with E-state index in [9.17, 15) is 0 Å². The lowest BCUT2D eigenvalue weighted by Gasteiger charge is -2.00. The van der Waals surface area contributed by atoms with E-state index in [1.165, 1.54) is 5.57 Å². The standard InChI is InChI=1S/C8H14O/c1-5-8(6-9-4)7(2)3/h6H,2,5H2,1,3-4H3. The van der Waals surface area contributed by atoms with Crippen molar-refractivity contribution in [3.05, 3.63) is 24.0 Å². The Labute approximate surface area is 57.0 Å². The van der Waals surface area contributed by atoms with Crippen molar-refractivity contribution in [1.29, 1.82) is 0 Å². The van der Waals surface area contributed by atoms with E-state index in [0.29, 0.717) is 0 Å². The van der Waals surface area contributed by atoms with Gasteiger partial charge in [-0.25, -0.2) is 0 Å². The molecule has 0 unspecified atom stereocenters. The second-order valence-electron chi connectivity index (χ2n) is 2.01. The maximum Gasteiger partial charge on any atom is 0.0858 e. The van der Waals surface area contributed by atoms with Gasteiger partial charge in [-0.3, -0.25) is 0 Å². The molecule has 0 fully saturated rings. The fourth-order valence-electron chi connectivity index (χ4n) is 0.628. The van der Waals surface area contributed by atoms with Gasteiger partial charge in [0.1, 0.15) is 0 Å². The molecule has 0 saturated heterocycles. The zero-order valence-electron chi connectivity index (χ0n) is 6.40. The Morgan fingerprint density at radius 3 is 2.33 bits per heavy atom. The van der Waals surface area contributed by atoms with Gasteiger partial charge in [-0.05, 0) is 18.9 Å². The third kappa shape index (κ3) is 2.96. The molecule has 0 spiro atoms. The Hall–Kier alpha value is -0.720. The van der Waals surface area contributed by atoms with Crippen molar-refractivity contribution in [3.8, 4) is 0 Å². The molecule has 0 aromatic carbocycles. The first-order valence-corrected chi connectivity index (χ1v) is 3.10. The molecule has 0 aromatic rings. The smallest absolute Gasteiger partial charge is 0.0858 e. The highest BCUT2D eigenvalue weighted by atomic mass is 16.5. The normalized spacial score (nSPS) is 11.2. The fraction of sp³-hybridized carbons (Fsp3) is 0.500. The first kappa shape index (κ1) is 8.28. The van der Waals surface area contributed by atoms with Crippen LogP contribution in [0.4, 0.5) is 0 Å². The molecule has 0 saturated carbocycles. The van der Waals surface area contributed by atoms with Crippen molar-refractivity contribution >= 4 is 0 Å². The van der Waals surface area contributed by atoms with Gasteiger partial charge in [-0.15, -0.1) is 0 Å². The summed E-state index contributed by atoms with van der Waals surface area (Å²) < 4.78 is 4.83. The van der Waals surface area contributed by atoms with Crippen molar-refractivity contribution in [3.63, 3.8) is 0 Å². The maximum absolute atomic E-state index is 4.83. The molecular formula is C8H14O. The Kier molecular flexibility index (Phi) is 3.85. The highest BCUT2D eigenvalue weighted by Gasteiger charge is 1.91. The average Bonchev–Trinajstić information content (AvgIpc) is 1.82. The van der Waals surface area contributed by atoms with Gasteiger partial charge in [0.25, 0.3) is 0 Å². The summed E-state index contributed by atoms with van der Waals surface area (Å²) in [4.78, 5) is 0. The van der Waals surface area contributed by atoms with Crippen LogP contribution in [0.5, 0.6) is 0 Å². The van der Waals surface area contributed by atoms with Gasteiger partial charge >= 0.3 is 0 Å². The molecule has 0 amide bonds. The van der Waals surface area contributed by atoms with Gasteiger partial charge in [0, 0.05) is 0 Å². The molecule has 0 aliphatic heterocycles. The monoisotopic (exact) mass is 126 g/mol. The molecule has 0 atom stereocenters. The Morgan fingerprint density at radius 2 is 2.22 bits per heavy atom. The predicted octanol–water partition coefficient (Wildman–Crippen LogP) is 2.50. The van der Waals surface area contributed by atoms with E-state index < -0.39 is 0 Å². The molecule has 0 bridgehead atoms. The molecule has 0 aliphatic carbocycles. The van der Waals surface area contributed by atoms with E-state index in [-0.39, 0.29) is 0 Å². The van der Waals surface area contributed by atoms with Crippen LogP contribution in [-0.4, -0.2) is 7.11 Å². The summed E-state index contributed by atoms with van der Waals surface area (Å²) in [7, 11) is 1.65. The van der Waals surface area contributed by atoms with E-state index >= 15 is 0 Å². The van der Waals surface area contributed by atoms with Gasteiger partial charge in [-0.2, -0.15) is 0 Å². The minimum atomic E-state index is 0.989. The molecule has 0 aliphatic rings. The molecule has 0 rings (SSSR count). The zero-order valence-corrected chi connectivity index (χ0v) is 6.40. The maximum atomic E-state index is 4.83. The summed E-state index contributed by atoms with van der Waals surface area (Å²) in [6.45, 7) is 7.86. The van der Waals surface area contributed by atoms with Crippen molar-refractivity contribution in [2.45, 2.75) is 20.3 Å². The number of methoxy groups -OCH3 is 1. The van der Waals surface area contributed by atoms with Crippen molar-refractivity contribution in [1.82, 2.24) is 0 Å². The van der Waals surface area contributed by atoms with Crippen LogP contribution >= 0.6 is 0 Å². The van der Waals surface area contributed by atoms with Crippen LogP contribution in [0.15, 0.2) is 24.0 Å². The number of allylic oxidation sites excluding steroid dienone is 2. The third-order valence-electron chi connectivity index (χ3n) is 1.19. The second kappa shape index (κ2) is 4.19. The molecule has 1 heteroatoms. The third-order valence-corrected chi connectivity index (χ3v) is 1.19. The van der Waals surface area contributed by atoms with Crippen LogP contribution in [0, 0.1) is 0 Å². The summed E-state index contributed by atoms with van der Waals surface area (Å²) in [5, 5.41) is 0. The minimum absolute atomic E-state index is 0.989. The summed E-state index contributed by atoms with van der Waals surface area (Å²) >= 11 is 0. The molecule has 9 heavy (non-hydrogen) atoms. The van der Waals surface area contributed by atoms with E-state index in [1.54, 1.807) is 13.4 Å². The second-order valence-corrected chi connectivity index (χ2v) is 2.01. The first-order valence-electron chi connectivity index (χ1n) is 3.10. The van der Waals surface area contributed by atoms with Crippen molar-refractivity contribution in [2.75, 3.05) is 7.11 Å². The van der Waals surface area contributed by atoms with Gasteiger partial charge in [-0.1, -0.05) is 19.1 Å². The van der Waals surface area contributed by atoms with Crippen LogP contribution in [-0.2, 0) is 4.74 Å². The first-order chi connectivity index (χ1) is 4.22. The van der Waals surface area contributed by atoms with Crippen LogP contribution in [0.2, 0.25) is 0 Å². The zero-order chi connectivity index (χ0) is 7.28. The Balaban J connectivity index is 3.98. The highest BCUT2D eigenvalue weighted by Crippen LogP contribution is 2.09. The van der Waals surface area contributed by atoms with E-state index in [1.807, 2.05) is 6.92 Å². The Morgan fingerprint density at radius 1 is 1.67 bits per heavy atom. The van der Waals surface area contributed by atoms with Gasteiger partial charge < -0.3 is 4.74 Å². The summed E-state index contributed by atoms with van der Waals surface area (Å²) in [6, 6.07) is 0. The summed E-state index contributed by atoms with van der Waals surface area (Å²) in [5.74, 6) is 0. The van der Waals surface area contributed by atoms with E-state index in [4.69, 9.17) is 4.74 Å². The molecule has 0 heterocycles.